The van der Waals surface area contributed by atoms with Crippen molar-refractivity contribution in [1.29, 1.82) is 0 Å². The number of hydrogen-bond acceptors (Lipinski definition) is 2. The topological polar surface area (TPSA) is 30.2 Å². The first kappa shape index (κ1) is 13.6. The molecule has 114 valence electrons. The van der Waals surface area contributed by atoms with E-state index in [-0.39, 0.29) is 5.41 Å². The fourth-order valence-electron chi connectivity index (χ4n) is 6.65. The van der Waals surface area contributed by atoms with E-state index in [0.717, 1.165) is 37.4 Å². The third-order valence-corrected chi connectivity index (χ3v) is 6.34. The highest BCUT2D eigenvalue weighted by Gasteiger charge is 2.62. The Kier molecular flexibility index (Phi) is 2.61. The van der Waals surface area contributed by atoms with Crippen molar-refractivity contribution in [2.24, 2.45) is 22.2 Å². The van der Waals surface area contributed by atoms with Crippen LogP contribution in [0.4, 0.5) is 0 Å². The summed E-state index contributed by atoms with van der Waals surface area (Å²) < 4.78 is 5.80. The summed E-state index contributed by atoms with van der Waals surface area (Å²) in [5, 5.41) is 0. The highest BCUT2D eigenvalue weighted by atomic mass is 16.3. The Morgan fingerprint density at radius 1 is 1.14 bits per heavy atom. The average Bonchev–Trinajstić information content (AvgIpc) is 2.81. The first-order valence-corrected chi connectivity index (χ1v) is 8.49. The number of carbonyl (C=O) groups is 1. The second-order valence-corrected chi connectivity index (χ2v) is 8.86. The summed E-state index contributed by atoms with van der Waals surface area (Å²) in [7, 11) is 0. The van der Waals surface area contributed by atoms with Crippen molar-refractivity contribution in [3.63, 3.8) is 0 Å². The molecule has 0 aromatic carbocycles. The van der Waals surface area contributed by atoms with Gasteiger partial charge in [0.1, 0.15) is 5.76 Å². The largest absolute Gasteiger partial charge is 0.458 e. The molecule has 4 fully saturated rings. The summed E-state index contributed by atoms with van der Waals surface area (Å²) in [4.78, 5) is 13.2. The van der Waals surface area contributed by atoms with Crippen molar-refractivity contribution in [2.75, 3.05) is 0 Å². The van der Waals surface area contributed by atoms with Gasteiger partial charge in [-0.3, -0.25) is 4.79 Å². The minimum absolute atomic E-state index is 0.133. The van der Waals surface area contributed by atoms with Crippen molar-refractivity contribution in [3.05, 3.63) is 23.7 Å². The average molecular weight is 286 g/mol. The number of Topliss-reactive ketones (excluding diaryl/α,β-unsaturated/α-hetero) is 1. The summed E-state index contributed by atoms with van der Waals surface area (Å²) in [5.74, 6) is 2.59. The Morgan fingerprint density at radius 2 is 1.81 bits per heavy atom. The molecule has 0 radical (unpaired) electrons. The first-order valence-electron chi connectivity index (χ1n) is 8.49. The maximum Gasteiger partial charge on any atom is 0.204 e. The normalized spacial score (nSPS) is 44.2. The number of rotatable bonds is 3. The molecule has 5 rings (SSSR count). The van der Waals surface area contributed by atoms with Gasteiger partial charge in [-0.15, -0.1) is 0 Å². The SMILES string of the molecule is CCc1ccc(C(=O)C23CC4CC(C)(CC(C)(C4)C2)C3)o1. The van der Waals surface area contributed by atoms with E-state index in [1.54, 1.807) is 0 Å². The monoisotopic (exact) mass is 286 g/mol. The van der Waals surface area contributed by atoms with E-state index in [1.165, 1.54) is 19.3 Å². The van der Waals surface area contributed by atoms with Crippen molar-refractivity contribution in [1.82, 2.24) is 0 Å². The standard InChI is InChI=1S/C19H26O2/c1-4-14-5-6-15(21-14)16(20)19-9-13-7-17(2,11-19)10-18(3,8-13)12-19/h5-6,13H,4,7-12H2,1-3H3. The molecule has 1 aromatic heterocycles. The molecule has 2 nitrogen and oxygen atoms in total. The van der Waals surface area contributed by atoms with E-state index in [2.05, 4.69) is 20.8 Å². The molecule has 4 bridgehead atoms. The molecule has 0 spiro atoms. The second kappa shape index (κ2) is 4.02. The Morgan fingerprint density at radius 3 is 2.33 bits per heavy atom. The quantitative estimate of drug-likeness (QED) is 0.730. The molecule has 1 aromatic rings. The molecule has 0 saturated heterocycles. The lowest BCUT2D eigenvalue weighted by atomic mass is 9.39. The van der Waals surface area contributed by atoms with Gasteiger partial charge in [-0.1, -0.05) is 20.8 Å². The minimum Gasteiger partial charge on any atom is -0.458 e. The third-order valence-electron chi connectivity index (χ3n) is 6.34. The van der Waals surface area contributed by atoms with Gasteiger partial charge in [-0.25, -0.2) is 0 Å². The molecule has 21 heavy (non-hydrogen) atoms. The summed E-state index contributed by atoms with van der Waals surface area (Å²) in [5.41, 5.74) is 0.625. The lowest BCUT2D eigenvalue weighted by Crippen LogP contribution is -2.57. The van der Waals surface area contributed by atoms with Gasteiger partial charge in [0, 0.05) is 11.8 Å². The van der Waals surface area contributed by atoms with Crippen LogP contribution in [0.5, 0.6) is 0 Å². The zero-order valence-corrected chi connectivity index (χ0v) is 13.5. The molecule has 2 heteroatoms. The lowest BCUT2D eigenvalue weighted by molar-refractivity contribution is -0.126. The van der Waals surface area contributed by atoms with E-state index in [1.807, 2.05) is 12.1 Å². The predicted molar refractivity (Wildman–Crippen MR) is 82.3 cm³/mol. The van der Waals surface area contributed by atoms with Crippen LogP contribution in [-0.2, 0) is 6.42 Å². The molecule has 0 N–H and O–H groups in total. The fraction of sp³-hybridized carbons (Fsp3) is 0.737. The van der Waals surface area contributed by atoms with Gasteiger partial charge in [0.15, 0.2) is 5.76 Å². The van der Waals surface area contributed by atoms with Gasteiger partial charge in [0.05, 0.1) is 0 Å². The van der Waals surface area contributed by atoms with Gasteiger partial charge < -0.3 is 4.42 Å². The Labute approximate surface area is 127 Å². The van der Waals surface area contributed by atoms with Crippen LogP contribution in [0.2, 0.25) is 0 Å². The molecular formula is C19H26O2. The summed E-state index contributed by atoms with van der Waals surface area (Å²) in [6.07, 6.45) is 8.08. The fourth-order valence-corrected chi connectivity index (χ4v) is 6.65. The number of aryl methyl sites for hydroxylation is 1. The number of hydrogen-bond donors (Lipinski definition) is 0. The maximum atomic E-state index is 13.2. The van der Waals surface area contributed by atoms with Crippen LogP contribution in [-0.4, -0.2) is 5.78 Å². The van der Waals surface area contributed by atoms with Crippen LogP contribution in [0.25, 0.3) is 0 Å². The number of carbonyl (C=O) groups excluding carboxylic acids is 1. The van der Waals surface area contributed by atoms with E-state index < -0.39 is 0 Å². The molecule has 4 aliphatic carbocycles. The van der Waals surface area contributed by atoms with E-state index in [4.69, 9.17) is 4.42 Å². The lowest BCUT2D eigenvalue weighted by Gasteiger charge is -2.64. The van der Waals surface area contributed by atoms with Crippen molar-refractivity contribution in [3.8, 4) is 0 Å². The van der Waals surface area contributed by atoms with Crippen molar-refractivity contribution in [2.45, 2.75) is 65.7 Å². The summed E-state index contributed by atoms with van der Waals surface area (Å²) >= 11 is 0. The van der Waals surface area contributed by atoms with E-state index in [0.29, 0.717) is 22.4 Å². The molecule has 4 saturated carbocycles. The maximum absolute atomic E-state index is 13.2. The summed E-state index contributed by atoms with van der Waals surface area (Å²) in [6.45, 7) is 6.90. The second-order valence-electron chi connectivity index (χ2n) is 8.86. The van der Waals surface area contributed by atoms with Crippen molar-refractivity contribution < 1.29 is 9.21 Å². The minimum atomic E-state index is -0.133. The Balaban J connectivity index is 1.72. The van der Waals surface area contributed by atoms with Gasteiger partial charge in [-0.05, 0) is 67.4 Å². The molecule has 0 amide bonds. The Hall–Kier alpha value is -1.05. The molecule has 4 aliphatic rings. The molecule has 2 unspecified atom stereocenters. The van der Waals surface area contributed by atoms with Crippen LogP contribution in [0.1, 0.15) is 75.6 Å². The van der Waals surface area contributed by atoms with Crippen LogP contribution in [0, 0.1) is 22.2 Å². The Bertz CT molecular complexity index is 578. The van der Waals surface area contributed by atoms with Crippen LogP contribution >= 0.6 is 0 Å². The molecule has 0 aliphatic heterocycles. The number of ketones is 1. The van der Waals surface area contributed by atoms with Crippen molar-refractivity contribution >= 4 is 5.78 Å². The highest BCUT2D eigenvalue weighted by molar-refractivity contribution is 5.98. The first-order chi connectivity index (χ1) is 9.85. The van der Waals surface area contributed by atoms with Crippen LogP contribution < -0.4 is 0 Å². The highest BCUT2D eigenvalue weighted by Crippen LogP contribution is 2.70. The van der Waals surface area contributed by atoms with Crippen LogP contribution in [0.3, 0.4) is 0 Å². The van der Waals surface area contributed by atoms with Gasteiger partial charge in [0.2, 0.25) is 5.78 Å². The molecular weight excluding hydrogens is 260 g/mol. The van der Waals surface area contributed by atoms with E-state index in [9.17, 15) is 4.79 Å². The van der Waals surface area contributed by atoms with E-state index >= 15 is 0 Å². The van der Waals surface area contributed by atoms with Gasteiger partial charge in [0.25, 0.3) is 0 Å². The molecule has 2 atom stereocenters. The van der Waals surface area contributed by atoms with Gasteiger partial charge >= 0.3 is 0 Å². The smallest absolute Gasteiger partial charge is 0.204 e. The zero-order valence-electron chi connectivity index (χ0n) is 13.5. The van der Waals surface area contributed by atoms with Crippen LogP contribution in [0.15, 0.2) is 16.5 Å². The molecule has 1 heterocycles. The summed E-state index contributed by atoms with van der Waals surface area (Å²) in [6, 6.07) is 3.88. The van der Waals surface area contributed by atoms with Gasteiger partial charge in [-0.2, -0.15) is 0 Å². The predicted octanol–water partition coefficient (Wildman–Crippen LogP) is 5.02. The number of furan rings is 1. The third kappa shape index (κ3) is 1.94. The zero-order chi connectivity index (χ0) is 14.9.